The van der Waals surface area contributed by atoms with Gasteiger partial charge in [-0.05, 0) is 53.1 Å². The number of aromatic hydroxyl groups is 1. The van der Waals surface area contributed by atoms with Gasteiger partial charge in [-0.2, -0.15) is 0 Å². The molecule has 1 atom stereocenters. The van der Waals surface area contributed by atoms with E-state index in [1.54, 1.807) is 6.07 Å². The van der Waals surface area contributed by atoms with E-state index < -0.39 is 0 Å². The summed E-state index contributed by atoms with van der Waals surface area (Å²) in [5.41, 5.74) is 3.17. The van der Waals surface area contributed by atoms with Gasteiger partial charge in [0.2, 0.25) is 0 Å². The molecule has 0 aliphatic heterocycles. The third-order valence-corrected chi connectivity index (χ3v) is 6.30. The number of halogens is 2. The van der Waals surface area contributed by atoms with E-state index in [0.29, 0.717) is 30.3 Å². The number of Topliss-reactive ketones (excluding diaryl/α,β-unsaturated/α-hetero) is 1. The summed E-state index contributed by atoms with van der Waals surface area (Å²) in [6.45, 7) is 8.40. The second-order valence-electron chi connectivity index (χ2n) is 7.64. The predicted octanol–water partition coefficient (Wildman–Crippen LogP) is 7.02. The molecule has 0 spiro atoms. The summed E-state index contributed by atoms with van der Waals surface area (Å²) in [6, 6.07) is 9.56. The van der Waals surface area contributed by atoms with Gasteiger partial charge in [0.15, 0.2) is 5.78 Å². The first-order valence-corrected chi connectivity index (χ1v) is 11.2. The maximum absolute atomic E-state index is 12.0. The van der Waals surface area contributed by atoms with Crippen LogP contribution in [0.3, 0.4) is 0 Å². The summed E-state index contributed by atoms with van der Waals surface area (Å²) >= 11 is 7.26. The Morgan fingerprint density at radius 2 is 1.75 bits per heavy atom. The SMILES string of the molecule is CCC(C)CC(=O)COc1cc(Br)c(Cc2ccc(O)c(C(C)C)c2)c(Br)c1. The Morgan fingerprint density at radius 3 is 2.32 bits per heavy atom. The number of hydrogen-bond donors (Lipinski definition) is 1. The third kappa shape index (κ3) is 6.35. The average molecular weight is 512 g/mol. The molecule has 1 N–H and O–H groups in total. The van der Waals surface area contributed by atoms with Gasteiger partial charge in [-0.25, -0.2) is 0 Å². The fourth-order valence-electron chi connectivity index (χ4n) is 2.97. The standard InChI is InChI=1S/C23H28Br2O3/c1-5-15(4)8-17(26)13-28-18-11-21(24)20(22(25)12-18)10-16-6-7-23(27)19(9-16)14(2)3/h6-7,9,11-12,14-15,27H,5,8,10,13H2,1-4H3. The number of hydrogen-bond acceptors (Lipinski definition) is 3. The fourth-order valence-corrected chi connectivity index (χ4v) is 4.39. The number of carbonyl (C=O) groups is 1. The molecule has 0 aliphatic carbocycles. The second-order valence-corrected chi connectivity index (χ2v) is 9.34. The van der Waals surface area contributed by atoms with Gasteiger partial charge in [-0.1, -0.05) is 78.1 Å². The molecule has 0 fully saturated rings. The minimum Gasteiger partial charge on any atom is -0.508 e. The van der Waals surface area contributed by atoms with Crippen LogP contribution in [0.4, 0.5) is 0 Å². The van der Waals surface area contributed by atoms with E-state index in [-0.39, 0.29) is 18.3 Å². The Bertz CT molecular complexity index is 808. The molecule has 1 unspecified atom stereocenters. The summed E-state index contributed by atoms with van der Waals surface area (Å²) in [7, 11) is 0. The lowest BCUT2D eigenvalue weighted by Gasteiger charge is -2.14. The molecule has 0 radical (unpaired) electrons. The highest BCUT2D eigenvalue weighted by molar-refractivity contribution is 9.11. The van der Waals surface area contributed by atoms with Gasteiger partial charge in [0.25, 0.3) is 0 Å². The van der Waals surface area contributed by atoms with E-state index in [4.69, 9.17) is 4.74 Å². The van der Waals surface area contributed by atoms with Gasteiger partial charge >= 0.3 is 0 Å². The molecule has 2 rings (SSSR count). The molecule has 0 saturated heterocycles. The smallest absolute Gasteiger partial charge is 0.170 e. The lowest BCUT2D eigenvalue weighted by molar-refractivity contribution is -0.121. The fraction of sp³-hybridized carbons (Fsp3) is 0.435. The van der Waals surface area contributed by atoms with Crippen molar-refractivity contribution in [3.05, 3.63) is 56.0 Å². The minimum absolute atomic E-state index is 0.0955. The van der Waals surface area contributed by atoms with Crippen LogP contribution in [0.2, 0.25) is 0 Å². The molecule has 2 aromatic carbocycles. The van der Waals surface area contributed by atoms with Gasteiger partial charge < -0.3 is 9.84 Å². The van der Waals surface area contributed by atoms with E-state index in [0.717, 1.165) is 32.1 Å². The Kier molecular flexibility index (Phi) is 8.56. The first-order chi connectivity index (χ1) is 13.2. The van der Waals surface area contributed by atoms with Crippen LogP contribution >= 0.6 is 31.9 Å². The Morgan fingerprint density at radius 1 is 1.11 bits per heavy atom. The minimum atomic E-state index is 0.0955. The summed E-state index contributed by atoms with van der Waals surface area (Å²) in [5.74, 6) is 1.76. The van der Waals surface area contributed by atoms with Crippen molar-refractivity contribution in [1.82, 2.24) is 0 Å². The van der Waals surface area contributed by atoms with Crippen LogP contribution in [0.5, 0.6) is 11.5 Å². The second kappa shape index (κ2) is 10.4. The first-order valence-electron chi connectivity index (χ1n) is 9.65. The van der Waals surface area contributed by atoms with Crippen LogP contribution in [0.1, 0.15) is 63.1 Å². The summed E-state index contributed by atoms with van der Waals surface area (Å²) in [4.78, 5) is 12.0. The number of ether oxygens (including phenoxy) is 1. The summed E-state index contributed by atoms with van der Waals surface area (Å²) < 4.78 is 7.55. The van der Waals surface area contributed by atoms with Crippen molar-refractivity contribution in [2.24, 2.45) is 5.92 Å². The quantitative estimate of drug-likeness (QED) is 0.393. The molecule has 0 heterocycles. The largest absolute Gasteiger partial charge is 0.508 e. The highest BCUT2D eigenvalue weighted by Crippen LogP contribution is 2.34. The maximum Gasteiger partial charge on any atom is 0.170 e. The number of rotatable bonds is 9. The van der Waals surface area contributed by atoms with Crippen molar-refractivity contribution in [2.75, 3.05) is 6.61 Å². The molecular formula is C23H28Br2O3. The number of phenolic OH excluding ortho intramolecular Hbond substituents is 1. The van der Waals surface area contributed by atoms with E-state index in [1.807, 2.05) is 18.2 Å². The van der Waals surface area contributed by atoms with E-state index >= 15 is 0 Å². The van der Waals surface area contributed by atoms with Gasteiger partial charge in [0.05, 0.1) is 0 Å². The zero-order chi connectivity index (χ0) is 20.8. The Hall–Kier alpha value is -1.33. The highest BCUT2D eigenvalue weighted by Gasteiger charge is 2.13. The lowest BCUT2D eigenvalue weighted by Crippen LogP contribution is -2.14. The topological polar surface area (TPSA) is 46.5 Å². The monoisotopic (exact) mass is 510 g/mol. The molecule has 152 valence electrons. The normalized spacial score (nSPS) is 12.2. The molecule has 0 bridgehead atoms. The van der Waals surface area contributed by atoms with Crippen molar-refractivity contribution in [3.8, 4) is 11.5 Å². The number of carbonyl (C=O) groups excluding carboxylic acids is 1. The molecule has 0 amide bonds. The number of benzene rings is 2. The lowest BCUT2D eigenvalue weighted by atomic mass is 9.96. The van der Waals surface area contributed by atoms with Crippen LogP contribution in [-0.4, -0.2) is 17.5 Å². The number of ketones is 1. The molecule has 0 saturated carbocycles. The van der Waals surface area contributed by atoms with Crippen LogP contribution in [-0.2, 0) is 11.2 Å². The van der Waals surface area contributed by atoms with Gasteiger partial charge in [-0.3, -0.25) is 4.79 Å². The highest BCUT2D eigenvalue weighted by atomic mass is 79.9. The molecule has 3 nitrogen and oxygen atoms in total. The third-order valence-electron chi connectivity index (χ3n) is 4.88. The Balaban J connectivity index is 2.12. The molecule has 0 aromatic heterocycles. The van der Waals surface area contributed by atoms with E-state index in [9.17, 15) is 9.90 Å². The Labute approximate surface area is 184 Å². The van der Waals surface area contributed by atoms with Crippen LogP contribution in [0.25, 0.3) is 0 Å². The van der Waals surface area contributed by atoms with Gasteiger partial charge in [0, 0.05) is 15.4 Å². The van der Waals surface area contributed by atoms with Crippen LogP contribution in [0.15, 0.2) is 39.3 Å². The molecule has 28 heavy (non-hydrogen) atoms. The van der Waals surface area contributed by atoms with E-state index in [1.165, 1.54) is 0 Å². The van der Waals surface area contributed by atoms with Gasteiger partial charge in [-0.15, -0.1) is 0 Å². The summed E-state index contributed by atoms with van der Waals surface area (Å²) in [6.07, 6.45) is 2.26. The van der Waals surface area contributed by atoms with Crippen molar-refractivity contribution < 1.29 is 14.6 Å². The van der Waals surface area contributed by atoms with Crippen molar-refractivity contribution in [1.29, 1.82) is 0 Å². The van der Waals surface area contributed by atoms with Crippen molar-refractivity contribution >= 4 is 37.6 Å². The van der Waals surface area contributed by atoms with E-state index in [2.05, 4.69) is 65.6 Å². The zero-order valence-corrected chi connectivity index (χ0v) is 20.1. The van der Waals surface area contributed by atoms with Crippen LogP contribution < -0.4 is 4.74 Å². The van der Waals surface area contributed by atoms with Crippen molar-refractivity contribution in [2.45, 2.75) is 52.9 Å². The molecule has 0 aliphatic rings. The van der Waals surface area contributed by atoms with Crippen LogP contribution in [0, 0.1) is 5.92 Å². The maximum atomic E-state index is 12.0. The van der Waals surface area contributed by atoms with Gasteiger partial charge in [0.1, 0.15) is 18.1 Å². The first kappa shape index (κ1) is 23.0. The predicted molar refractivity (Wildman–Crippen MR) is 121 cm³/mol. The molecule has 5 heteroatoms. The van der Waals surface area contributed by atoms with Crippen molar-refractivity contribution in [3.63, 3.8) is 0 Å². The number of phenols is 1. The summed E-state index contributed by atoms with van der Waals surface area (Å²) in [5, 5.41) is 10.0. The molecular weight excluding hydrogens is 484 g/mol. The molecule has 2 aromatic rings. The zero-order valence-electron chi connectivity index (χ0n) is 16.9. The average Bonchev–Trinajstić information content (AvgIpc) is 2.63.